The van der Waals surface area contributed by atoms with E-state index in [9.17, 15) is 13.7 Å². The van der Waals surface area contributed by atoms with Crippen LogP contribution in [-0.4, -0.2) is 25.2 Å². The number of nitrogens with one attached hydrogen (secondary N) is 1. The fourth-order valence-corrected chi connectivity index (χ4v) is 6.54. The average Bonchev–Trinajstić information content (AvgIpc) is 3.02. The summed E-state index contributed by atoms with van der Waals surface area (Å²) in [5, 5.41) is 9.29. The molecule has 0 radical (unpaired) electrons. The summed E-state index contributed by atoms with van der Waals surface area (Å²) in [6.45, 7) is 4.42. The molecular weight excluding hydrogens is 382 g/mol. The molecule has 1 saturated heterocycles. The lowest BCUT2D eigenvalue weighted by Crippen LogP contribution is -2.42. The fraction of sp³-hybridized carbons (Fsp3) is 0.391. The number of nitrogens with zero attached hydrogens (tertiary/aromatic N) is 2. The molecule has 1 saturated carbocycles. The lowest BCUT2D eigenvalue weighted by molar-refractivity contribution is 0.140. The molecule has 29 heavy (non-hydrogen) atoms. The molecule has 0 bridgehead atoms. The van der Waals surface area contributed by atoms with Crippen LogP contribution >= 0.6 is 0 Å². The van der Waals surface area contributed by atoms with E-state index in [1.165, 1.54) is 0 Å². The van der Waals surface area contributed by atoms with Crippen molar-refractivity contribution in [2.45, 2.75) is 26.3 Å². The molecule has 0 unspecified atom stereocenters. The van der Waals surface area contributed by atoms with E-state index in [0.717, 1.165) is 23.2 Å². The van der Waals surface area contributed by atoms with Crippen molar-refractivity contribution in [3.05, 3.63) is 59.9 Å². The van der Waals surface area contributed by atoms with Crippen LogP contribution in [0, 0.1) is 35.0 Å². The SMILES string of the molecule is C[C@H]1[C@H](C=Cc2ccc(-c3ccccc3C#N)cn2)[C@@H]2CS(=O)(=O)N[C@@H]2C[C@@H]1C. The topological polar surface area (TPSA) is 82.8 Å². The lowest BCUT2D eigenvalue weighted by Gasteiger charge is -2.40. The molecule has 0 amide bonds. The second-order valence-corrected chi connectivity index (χ2v) is 10.1. The maximum Gasteiger partial charge on any atom is 0.212 e. The van der Waals surface area contributed by atoms with Gasteiger partial charge >= 0.3 is 0 Å². The largest absolute Gasteiger partial charge is 0.256 e. The first-order valence-corrected chi connectivity index (χ1v) is 11.7. The average molecular weight is 408 g/mol. The molecule has 4 rings (SSSR count). The maximum absolute atomic E-state index is 12.1. The van der Waals surface area contributed by atoms with Crippen molar-refractivity contribution in [3.63, 3.8) is 0 Å². The zero-order valence-corrected chi connectivity index (χ0v) is 17.4. The monoisotopic (exact) mass is 407 g/mol. The molecule has 150 valence electrons. The van der Waals surface area contributed by atoms with Gasteiger partial charge in [-0.15, -0.1) is 0 Å². The van der Waals surface area contributed by atoms with Crippen LogP contribution in [0.3, 0.4) is 0 Å². The summed E-state index contributed by atoms with van der Waals surface area (Å²) in [5.74, 6) is 1.41. The number of aromatic nitrogens is 1. The van der Waals surface area contributed by atoms with Gasteiger partial charge in [0.25, 0.3) is 0 Å². The van der Waals surface area contributed by atoms with E-state index in [0.29, 0.717) is 17.4 Å². The minimum atomic E-state index is -3.16. The summed E-state index contributed by atoms with van der Waals surface area (Å²) < 4.78 is 27.0. The van der Waals surface area contributed by atoms with Gasteiger partial charge in [-0.05, 0) is 48.3 Å². The third-order valence-corrected chi connectivity index (χ3v) is 8.00. The van der Waals surface area contributed by atoms with Crippen molar-refractivity contribution in [2.24, 2.45) is 23.7 Å². The molecule has 1 aliphatic carbocycles. The Bertz CT molecular complexity index is 1070. The van der Waals surface area contributed by atoms with Gasteiger partial charge in [0.15, 0.2) is 0 Å². The number of hydrogen-bond donors (Lipinski definition) is 1. The number of benzene rings is 1. The molecule has 6 heteroatoms. The molecule has 2 fully saturated rings. The predicted molar refractivity (Wildman–Crippen MR) is 114 cm³/mol. The number of pyridine rings is 1. The van der Waals surface area contributed by atoms with Gasteiger partial charge in [0.05, 0.1) is 23.1 Å². The first-order valence-electron chi connectivity index (χ1n) is 10.0. The van der Waals surface area contributed by atoms with Crippen molar-refractivity contribution in [3.8, 4) is 17.2 Å². The van der Waals surface area contributed by atoms with Gasteiger partial charge in [0.2, 0.25) is 10.0 Å². The standard InChI is InChI=1S/C23H25N3O2S/c1-15-11-23-22(14-29(27,28)26-23)20(16(15)2)10-9-19-8-7-18(13-25-19)21-6-4-3-5-17(21)12-24/h3-10,13,15-16,20,22-23,26H,11,14H2,1-2H3/t15-,16+,20-,22-,23+/m0/s1. The number of allylic oxidation sites excluding steroid dienone is 1. The molecule has 0 spiro atoms. The first-order chi connectivity index (χ1) is 13.9. The highest BCUT2D eigenvalue weighted by Crippen LogP contribution is 2.43. The van der Waals surface area contributed by atoms with Crippen molar-refractivity contribution in [1.82, 2.24) is 9.71 Å². The van der Waals surface area contributed by atoms with Crippen molar-refractivity contribution in [2.75, 3.05) is 5.75 Å². The Morgan fingerprint density at radius 2 is 2.00 bits per heavy atom. The number of sulfonamides is 1. The second-order valence-electron chi connectivity index (χ2n) is 8.31. The Hall–Kier alpha value is -2.49. The number of hydrogen-bond acceptors (Lipinski definition) is 4. The van der Waals surface area contributed by atoms with Gasteiger partial charge in [-0.1, -0.05) is 44.2 Å². The summed E-state index contributed by atoms with van der Waals surface area (Å²) in [5.41, 5.74) is 3.24. The predicted octanol–water partition coefficient (Wildman–Crippen LogP) is 3.84. The molecule has 1 aromatic carbocycles. The zero-order valence-electron chi connectivity index (χ0n) is 16.6. The quantitative estimate of drug-likeness (QED) is 0.838. The summed E-state index contributed by atoms with van der Waals surface area (Å²) in [4.78, 5) is 4.54. The van der Waals surface area contributed by atoms with Crippen LogP contribution < -0.4 is 4.72 Å². The van der Waals surface area contributed by atoms with E-state index >= 15 is 0 Å². The maximum atomic E-state index is 12.1. The molecule has 2 heterocycles. The molecule has 1 aliphatic heterocycles. The Balaban J connectivity index is 1.56. The van der Waals surface area contributed by atoms with E-state index < -0.39 is 10.0 Å². The van der Waals surface area contributed by atoms with Gasteiger partial charge in [-0.25, -0.2) is 13.1 Å². The first kappa shape index (κ1) is 19.8. The van der Waals surface area contributed by atoms with Crippen LogP contribution in [-0.2, 0) is 10.0 Å². The van der Waals surface area contributed by atoms with Gasteiger partial charge in [0.1, 0.15) is 0 Å². The van der Waals surface area contributed by atoms with Gasteiger partial charge in [-0.2, -0.15) is 5.26 Å². The van der Waals surface area contributed by atoms with E-state index in [-0.39, 0.29) is 23.6 Å². The van der Waals surface area contributed by atoms with Crippen LogP contribution in [0.4, 0.5) is 0 Å². The second kappa shape index (κ2) is 7.74. The number of rotatable bonds is 3. The zero-order chi connectivity index (χ0) is 20.6. The highest BCUT2D eigenvalue weighted by Gasteiger charge is 2.47. The molecule has 2 aromatic rings. The molecule has 2 aliphatic rings. The number of nitriles is 1. The molecule has 1 N–H and O–H groups in total. The van der Waals surface area contributed by atoms with Crippen LogP contribution in [0.5, 0.6) is 0 Å². The smallest absolute Gasteiger partial charge is 0.212 e. The molecule has 5 atom stereocenters. The van der Waals surface area contributed by atoms with E-state index in [1.807, 2.05) is 36.4 Å². The van der Waals surface area contributed by atoms with Crippen molar-refractivity contribution < 1.29 is 8.42 Å². The van der Waals surface area contributed by atoms with Crippen LogP contribution in [0.1, 0.15) is 31.5 Å². The minimum absolute atomic E-state index is 0.0404. The highest BCUT2D eigenvalue weighted by atomic mass is 32.2. The number of fused-ring (bicyclic) bond motifs is 1. The third kappa shape index (κ3) is 3.98. The lowest BCUT2D eigenvalue weighted by atomic mass is 9.66. The van der Waals surface area contributed by atoms with E-state index in [4.69, 9.17) is 0 Å². The Morgan fingerprint density at radius 1 is 1.21 bits per heavy atom. The van der Waals surface area contributed by atoms with Gasteiger partial charge in [0, 0.05) is 23.4 Å². The summed E-state index contributed by atoms with van der Waals surface area (Å²) in [6, 6.07) is 13.7. The van der Waals surface area contributed by atoms with Crippen molar-refractivity contribution in [1.29, 1.82) is 5.26 Å². The van der Waals surface area contributed by atoms with Crippen LogP contribution in [0.2, 0.25) is 0 Å². The van der Waals surface area contributed by atoms with Gasteiger partial charge in [-0.3, -0.25) is 4.98 Å². The van der Waals surface area contributed by atoms with Crippen LogP contribution in [0.15, 0.2) is 48.7 Å². The van der Waals surface area contributed by atoms with E-state index in [2.05, 4.69) is 35.7 Å². The Kier molecular flexibility index (Phi) is 5.28. The van der Waals surface area contributed by atoms with Gasteiger partial charge < -0.3 is 0 Å². The normalized spacial score (nSPS) is 30.7. The fourth-order valence-electron chi connectivity index (χ4n) is 4.75. The third-order valence-electron chi connectivity index (χ3n) is 6.52. The summed E-state index contributed by atoms with van der Waals surface area (Å²) >= 11 is 0. The summed E-state index contributed by atoms with van der Waals surface area (Å²) in [6.07, 6.45) is 6.83. The Labute approximate surface area is 172 Å². The molecule has 1 aromatic heterocycles. The van der Waals surface area contributed by atoms with Crippen LogP contribution in [0.25, 0.3) is 17.2 Å². The minimum Gasteiger partial charge on any atom is -0.256 e. The highest BCUT2D eigenvalue weighted by molar-refractivity contribution is 7.89. The summed E-state index contributed by atoms with van der Waals surface area (Å²) in [7, 11) is -3.16. The van der Waals surface area contributed by atoms with Crippen molar-refractivity contribution >= 4 is 16.1 Å². The molecular formula is C23H25N3O2S. The molecule has 5 nitrogen and oxygen atoms in total. The van der Waals surface area contributed by atoms with E-state index in [1.54, 1.807) is 12.3 Å². The Morgan fingerprint density at radius 3 is 2.72 bits per heavy atom.